The van der Waals surface area contributed by atoms with Crippen molar-refractivity contribution in [1.82, 2.24) is 0 Å². The van der Waals surface area contributed by atoms with Crippen molar-refractivity contribution in [2.45, 2.75) is 76.0 Å². The lowest BCUT2D eigenvalue weighted by Crippen LogP contribution is -2.44. The van der Waals surface area contributed by atoms with E-state index in [4.69, 9.17) is 5.26 Å². The van der Waals surface area contributed by atoms with Gasteiger partial charge < -0.3 is 0 Å². The van der Waals surface area contributed by atoms with Crippen LogP contribution in [0, 0.1) is 16.7 Å². The van der Waals surface area contributed by atoms with Gasteiger partial charge in [-0.05, 0) is 86.2 Å². The van der Waals surface area contributed by atoms with Crippen LogP contribution in [0.15, 0.2) is 24.3 Å². The Morgan fingerprint density at radius 1 is 0.957 bits per heavy atom. The Kier molecular flexibility index (Phi) is 5.05. The van der Waals surface area contributed by atoms with Crippen molar-refractivity contribution in [2.75, 3.05) is 6.67 Å². The highest BCUT2D eigenvalue weighted by Crippen LogP contribution is 2.59. The molecule has 1 nitrogen and oxygen atoms in total. The van der Waals surface area contributed by atoms with Gasteiger partial charge in [-0.25, -0.2) is 0 Å². The van der Waals surface area contributed by atoms with Crippen molar-refractivity contribution in [3.63, 3.8) is 0 Å². The number of rotatable bonds is 7. The van der Waals surface area contributed by atoms with E-state index < -0.39 is 0 Å². The Bertz CT molecular complexity index is 530. The Morgan fingerprint density at radius 3 is 2.17 bits per heavy atom. The van der Waals surface area contributed by atoms with Gasteiger partial charge in [0.2, 0.25) is 0 Å². The highest BCUT2D eigenvalue weighted by molar-refractivity contribution is 5.31. The molecule has 0 saturated heterocycles. The molecule has 0 aromatic heterocycles. The number of alkyl halides is 1. The Balaban J connectivity index is 1.63. The van der Waals surface area contributed by atoms with Crippen LogP contribution in [0.25, 0.3) is 0 Å². The fourth-order valence-electron chi connectivity index (χ4n) is 4.91. The van der Waals surface area contributed by atoms with Gasteiger partial charge in [-0.2, -0.15) is 5.26 Å². The normalized spacial score (nSPS) is 29.4. The summed E-state index contributed by atoms with van der Waals surface area (Å²) in [5.74, 6) is 0. The second-order valence-electron chi connectivity index (χ2n) is 7.78. The van der Waals surface area contributed by atoms with E-state index in [1.54, 1.807) is 0 Å². The first kappa shape index (κ1) is 16.5. The number of hydrogen-bond acceptors (Lipinski definition) is 1. The number of nitrogens with zero attached hydrogens (tertiary/aromatic N) is 1. The minimum Gasteiger partial charge on any atom is -0.251 e. The van der Waals surface area contributed by atoms with Gasteiger partial charge in [0.15, 0.2) is 0 Å². The molecule has 0 aliphatic heterocycles. The SMILES string of the molecule is N#CCCCC12CCC(c3ccc(CCCF)cc3)(CC1)CC2. The van der Waals surface area contributed by atoms with Gasteiger partial charge in [0.1, 0.15) is 0 Å². The quantitative estimate of drug-likeness (QED) is 0.577. The maximum atomic E-state index is 12.3. The van der Waals surface area contributed by atoms with E-state index in [9.17, 15) is 4.39 Å². The van der Waals surface area contributed by atoms with Gasteiger partial charge >= 0.3 is 0 Å². The van der Waals surface area contributed by atoms with Crippen LogP contribution in [0.2, 0.25) is 0 Å². The molecule has 124 valence electrons. The molecule has 3 aliphatic carbocycles. The molecule has 0 spiro atoms. The number of unbranched alkanes of at least 4 members (excludes halogenated alkanes) is 1. The average molecular weight is 313 g/mol. The van der Waals surface area contributed by atoms with E-state index in [2.05, 4.69) is 30.3 Å². The van der Waals surface area contributed by atoms with Crippen LogP contribution in [-0.4, -0.2) is 6.67 Å². The molecule has 0 amide bonds. The van der Waals surface area contributed by atoms with Crippen LogP contribution >= 0.6 is 0 Å². The zero-order valence-electron chi connectivity index (χ0n) is 14.1. The summed E-state index contributed by atoms with van der Waals surface area (Å²) in [5, 5.41) is 8.76. The molecule has 0 heterocycles. The van der Waals surface area contributed by atoms with Gasteiger partial charge in [-0.3, -0.25) is 4.39 Å². The molecule has 23 heavy (non-hydrogen) atoms. The predicted octanol–water partition coefficient (Wildman–Crippen LogP) is 5.87. The first-order valence-corrected chi connectivity index (χ1v) is 9.24. The minimum atomic E-state index is -0.223. The summed E-state index contributed by atoms with van der Waals surface area (Å²) < 4.78 is 12.3. The largest absolute Gasteiger partial charge is 0.251 e. The summed E-state index contributed by atoms with van der Waals surface area (Å²) in [6.07, 6.45) is 12.5. The fourth-order valence-corrected chi connectivity index (χ4v) is 4.91. The first-order valence-electron chi connectivity index (χ1n) is 9.24. The third kappa shape index (κ3) is 3.44. The molecule has 3 fully saturated rings. The van der Waals surface area contributed by atoms with E-state index in [1.807, 2.05) is 0 Å². The summed E-state index contributed by atoms with van der Waals surface area (Å²) >= 11 is 0. The number of nitriles is 1. The standard InChI is InChI=1S/C21H28FN/c22-16-3-4-18-5-7-19(8-6-18)21-13-10-20(11-14-21,12-15-21)9-1-2-17-23/h5-8H,1-4,9-16H2. The first-order chi connectivity index (χ1) is 11.2. The molecule has 4 rings (SSSR count). The van der Waals surface area contributed by atoms with Crippen LogP contribution in [0.1, 0.15) is 75.3 Å². The fraction of sp³-hybridized carbons (Fsp3) is 0.667. The molecule has 0 atom stereocenters. The van der Waals surface area contributed by atoms with Crippen LogP contribution in [-0.2, 0) is 11.8 Å². The van der Waals surface area contributed by atoms with Gasteiger partial charge in [0.05, 0.1) is 12.7 Å². The van der Waals surface area contributed by atoms with Crippen molar-refractivity contribution in [1.29, 1.82) is 5.26 Å². The highest BCUT2D eigenvalue weighted by Gasteiger charge is 2.48. The van der Waals surface area contributed by atoms with Crippen LogP contribution in [0.3, 0.4) is 0 Å². The molecule has 2 bridgehead atoms. The smallest absolute Gasteiger partial charge is 0.0897 e. The lowest BCUT2D eigenvalue weighted by Gasteiger charge is -2.54. The third-order valence-electron chi connectivity index (χ3n) is 6.56. The minimum absolute atomic E-state index is 0.223. The van der Waals surface area contributed by atoms with Crippen LogP contribution in [0.5, 0.6) is 0 Å². The van der Waals surface area contributed by atoms with E-state index in [-0.39, 0.29) is 6.67 Å². The highest BCUT2D eigenvalue weighted by atomic mass is 19.1. The summed E-state index contributed by atoms with van der Waals surface area (Å²) in [7, 11) is 0. The van der Waals surface area contributed by atoms with Crippen molar-refractivity contribution in [2.24, 2.45) is 5.41 Å². The molecule has 0 unspecified atom stereocenters. The molecule has 1 aromatic carbocycles. The van der Waals surface area contributed by atoms with E-state index in [0.717, 1.165) is 12.8 Å². The van der Waals surface area contributed by atoms with Crippen molar-refractivity contribution in [3.8, 4) is 6.07 Å². The summed E-state index contributed by atoms with van der Waals surface area (Å²) in [6, 6.07) is 11.3. The Morgan fingerprint density at radius 2 is 1.61 bits per heavy atom. The number of benzene rings is 1. The lowest BCUT2D eigenvalue weighted by molar-refractivity contribution is 0.0313. The number of fused-ring (bicyclic) bond motifs is 3. The summed E-state index contributed by atoms with van der Waals surface area (Å²) in [6.45, 7) is -0.223. The van der Waals surface area contributed by atoms with Crippen molar-refractivity contribution < 1.29 is 4.39 Å². The van der Waals surface area contributed by atoms with Crippen molar-refractivity contribution in [3.05, 3.63) is 35.4 Å². The molecule has 0 radical (unpaired) electrons. The monoisotopic (exact) mass is 313 g/mol. The predicted molar refractivity (Wildman–Crippen MR) is 92.0 cm³/mol. The zero-order chi connectivity index (χ0) is 16.2. The van der Waals surface area contributed by atoms with Gasteiger partial charge in [-0.15, -0.1) is 0 Å². The van der Waals surface area contributed by atoms with Gasteiger partial charge in [-0.1, -0.05) is 24.3 Å². The molecular formula is C21H28FN. The van der Waals surface area contributed by atoms with Crippen LogP contribution in [0.4, 0.5) is 4.39 Å². The number of halogens is 1. The molecule has 3 saturated carbocycles. The van der Waals surface area contributed by atoms with E-state index in [1.165, 1.54) is 56.1 Å². The maximum absolute atomic E-state index is 12.3. The Labute approximate surface area is 139 Å². The zero-order valence-corrected chi connectivity index (χ0v) is 14.1. The number of aryl methyl sites for hydroxylation is 1. The molecule has 2 heteroatoms. The molecular weight excluding hydrogens is 285 g/mol. The summed E-state index contributed by atoms with van der Waals surface area (Å²) in [5.41, 5.74) is 3.71. The molecule has 1 aromatic rings. The Hall–Kier alpha value is -1.36. The number of hydrogen-bond donors (Lipinski definition) is 0. The second kappa shape index (κ2) is 7.04. The lowest BCUT2D eigenvalue weighted by atomic mass is 9.51. The molecule has 3 aliphatic rings. The summed E-state index contributed by atoms with van der Waals surface area (Å²) in [4.78, 5) is 0. The third-order valence-corrected chi connectivity index (χ3v) is 6.56. The van der Waals surface area contributed by atoms with E-state index >= 15 is 0 Å². The average Bonchev–Trinajstić information content (AvgIpc) is 2.62. The molecule has 0 N–H and O–H groups in total. The van der Waals surface area contributed by atoms with Crippen molar-refractivity contribution >= 4 is 0 Å². The topological polar surface area (TPSA) is 23.8 Å². The van der Waals surface area contributed by atoms with E-state index in [0.29, 0.717) is 23.7 Å². The van der Waals surface area contributed by atoms with Gasteiger partial charge in [0.25, 0.3) is 0 Å². The van der Waals surface area contributed by atoms with Gasteiger partial charge in [0, 0.05) is 6.42 Å². The maximum Gasteiger partial charge on any atom is 0.0897 e. The second-order valence-corrected chi connectivity index (χ2v) is 7.78. The van der Waals surface area contributed by atoms with Crippen LogP contribution < -0.4 is 0 Å².